The monoisotopic (exact) mass is 276 g/mol. The van der Waals surface area contributed by atoms with Crippen LogP contribution in [0.15, 0.2) is 0 Å². The number of nitrogens with one attached hydrogen (secondary N) is 2. The van der Waals surface area contributed by atoms with Crippen molar-refractivity contribution >= 4 is 18.0 Å². The highest BCUT2D eigenvalue weighted by Gasteiger charge is 2.21. The number of carboxylic acid groups (broad SMARTS) is 2. The second kappa shape index (κ2) is 9.15. The number of amides is 2. The number of carboxylic acids is 2. The third-order valence-corrected chi connectivity index (χ3v) is 2.20. The zero-order valence-corrected chi connectivity index (χ0v) is 11.0. The number of ether oxygens (including phenoxy) is 1. The topological polar surface area (TPSA) is 125 Å². The summed E-state index contributed by atoms with van der Waals surface area (Å²) >= 11 is 0. The molecule has 2 atom stereocenters. The fourth-order valence-corrected chi connectivity index (χ4v) is 1.29. The highest BCUT2D eigenvalue weighted by atomic mass is 16.5. The van der Waals surface area contributed by atoms with Crippen molar-refractivity contribution < 1.29 is 29.3 Å². The molecule has 4 N–H and O–H groups in total. The highest BCUT2D eigenvalue weighted by molar-refractivity contribution is 5.83. The molecule has 1 unspecified atom stereocenters. The largest absolute Gasteiger partial charge is 0.481 e. The molecular weight excluding hydrogens is 256 g/mol. The molecule has 19 heavy (non-hydrogen) atoms. The van der Waals surface area contributed by atoms with E-state index >= 15 is 0 Å². The van der Waals surface area contributed by atoms with Gasteiger partial charge < -0.3 is 25.6 Å². The van der Waals surface area contributed by atoms with Crippen molar-refractivity contribution in [2.24, 2.45) is 0 Å². The van der Waals surface area contributed by atoms with E-state index in [4.69, 9.17) is 14.9 Å². The minimum absolute atomic E-state index is 0.169. The molecule has 0 saturated carbocycles. The number of rotatable bonds is 9. The smallest absolute Gasteiger partial charge is 0.326 e. The summed E-state index contributed by atoms with van der Waals surface area (Å²) in [6.07, 6.45) is -0.496. The Hall–Kier alpha value is -1.83. The van der Waals surface area contributed by atoms with Crippen LogP contribution in [0.4, 0.5) is 4.79 Å². The van der Waals surface area contributed by atoms with Crippen LogP contribution in [-0.2, 0) is 14.3 Å². The summed E-state index contributed by atoms with van der Waals surface area (Å²) in [7, 11) is 0. The molecule has 0 aliphatic rings. The predicted molar refractivity (Wildman–Crippen MR) is 65.9 cm³/mol. The van der Waals surface area contributed by atoms with Gasteiger partial charge in [0.15, 0.2) is 0 Å². The Morgan fingerprint density at radius 1 is 1.21 bits per heavy atom. The van der Waals surface area contributed by atoms with Gasteiger partial charge in [-0.1, -0.05) is 0 Å². The molecule has 0 aromatic heterocycles. The van der Waals surface area contributed by atoms with Crippen LogP contribution in [0, 0.1) is 0 Å². The van der Waals surface area contributed by atoms with Gasteiger partial charge in [-0.3, -0.25) is 4.79 Å². The van der Waals surface area contributed by atoms with Gasteiger partial charge in [-0.2, -0.15) is 0 Å². The first-order valence-corrected chi connectivity index (χ1v) is 5.96. The second-order valence-corrected chi connectivity index (χ2v) is 4.00. The van der Waals surface area contributed by atoms with Crippen molar-refractivity contribution in [1.82, 2.24) is 10.6 Å². The molecule has 0 rings (SSSR count). The maximum atomic E-state index is 11.5. The molecule has 0 aromatic rings. The molecule has 0 bridgehead atoms. The third kappa shape index (κ3) is 8.83. The van der Waals surface area contributed by atoms with Crippen LogP contribution >= 0.6 is 0 Å². The van der Waals surface area contributed by atoms with Crippen LogP contribution in [0.1, 0.15) is 26.7 Å². The van der Waals surface area contributed by atoms with Gasteiger partial charge >= 0.3 is 18.0 Å². The Bertz CT molecular complexity index is 320. The zero-order chi connectivity index (χ0) is 14.8. The molecule has 0 saturated heterocycles. The molecule has 0 fully saturated rings. The Labute approximate surface area is 111 Å². The summed E-state index contributed by atoms with van der Waals surface area (Å²) < 4.78 is 5.09. The predicted octanol–water partition coefficient (Wildman–Crippen LogP) is 0.0286. The lowest BCUT2D eigenvalue weighted by atomic mass is 10.1. The molecule has 0 aromatic carbocycles. The van der Waals surface area contributed by atoms with Gasteiger partial charge in [0.2, 0.25) is 0 Å². The van der Waals surface area contributed by atoms with E-state index in [9.17, 15) is 14.4 Å². The number of carbonyl (C=O) groups excluding carboxylic acids is 1. The van der Waals surface area contributed by atoms with Crippen LogP contribution < -0.4 is 10.6 Å². The van der Waals surface area contributed by atoms with Crippen molar-refractivity contribution in [3.63, 3.8) is 0 Å². The molecule has 110 valence electrons. The average Bonchev–Trinajstić information content (AvgIpc) is 2.31. The van der Waals surface area contributed by atoms with Gasteiger partial charge in [0.25, 0.3) is 0 Å². The van der Waals surface area contributed by atoms with Crippen LogP contribution in [0.3, 0.4) is 0 Å². The molecule has 0 spiro atoms. The average molecular weight is 276 g/mol. The minimum Gasteiger partial charge on any atom is -0.481 e. The van der Waals surface area contributed by atoms with Crippen molar-refractivity contribution in [3.8, 4) is 0 Å². The van der Waals surface area contributed by atoms with Gasteiger partial charge in [0, 0.05) is 13.0 Å². The third-order valence-electron chi connectivity index (χ3n) is 2.20. The summed E-state index contributed by atoms with van der Waals surface area (Å²) in [5, 5.41) is 22.0. The Morgan fingerprint density at radius 3 is 2.32 bits per heavy atom. The Balaban J connectivity index is 4.16. The first kappa shape index (κ1) is 17.2. The molecular formula is C11H20N2O6. The number of urea groups is 1. The Kier molecular flexibility index (Phi) is 8.27. The lowest BCUT2D eigenvalue weighted by Gasteiger charge is -2.17. The fourth-order valence-electron chi connectivity index (χ4n) is 1.29. The highest BCUT2D eigenvalue weighted by Crippen LogP contribution is 1.98. The summed E-state index contributed by atoms with van der Waals surface area (Å²) in [5.74, 6) is -2.38. The molecule has 8 nitrogen and oxygen atoms in total. The van der Waals surface area contributed by atoms with Gasteiger partial charge in [0.05, 0.1) is 12.6 Å². The SMILES string of the molecule is CCOCC(C)NC(=O)N[C@@H](CCC(=O)O)C(=O)O. The standard InChI is InChI=1S/C11H20N2O6/c1-3-19-6-7(2)12-11(18)13-8(10(16)17)4-5-9(14)15/h7-8H,3-6H2,1-2H3,(H,14,15)(H,16,17)(H2,12,13,18)/t7?,8-/m0/s1. The lowest BCUT2D eigenvalue weighted by molar-refractivity contribution is -0.140. The van der Waals surface area contributed by atoms with Gasteiger partial charge in [-0.25, -0.2) is 9.59 Å². The lowest BCUT2D eigenvalue weighted by Crippen LogP contribution is -2.49. The Morgan fingerprint density at radius 2 is 1.84 bits per heavy atom. The first-order valence-electron chi connectivity index (χ1n) is 5.96. The molecule has 2 amide bonds. The molecule has 0 heterocycles. The van der Waals surface area contributed by atoms with Crippen LogP contribution in [0.5, 0.6) is 0 Å². The summed E-state index contributed by atoms with van der Waals surface area (Å²) in [4.78, 5) is 32.7. The van der Waals surface area contributed by atoms with Crippen LogP contribution in [0.25, 0.3) is 0 Å². The maximum absolute atomic E-state index is 11.5. The number of hydrogen-bond donors (Lipinski definition) is 4. The van der Waals surface area contributed by atoms with Crippen LogP contribution in [0.2, 0.25) is 0 Å². The summed E-state index contributed by atoms with van der Waals surface area (Å²) in [6, 6.07) is -2.16. The van der Waals surface area contributed by atoms with E-state index in [1.165, 1.54) is 0 Å². The number of carbonyl (C=O) groups is 3. The van der Waals surface area contributed by atoms with E-state index in [0.717, 1.165) is 0 Å². The fraction of sp³-hybridized carbons (Fsp3) is 0.727. The number of aliphatic carboxylic acids is 2. The number of hydrogen-bond acceptors (Lipinski definition) is 4. The summed E-state index contributed by atoms with van der Waals surface area (Å²) in [6.45, 7) is 4.36. The first-order chi connectivity index (χ1) is 8.86. The molecule has 0 radical (unpaired) electrons. The van der Waals surface area contributed by atoms with Gasteiger partial charge in [-0.15, -0.1) is 0 Å². The van der Waals surface area contributed by atoms with E-state index in [1.54, 1.807) is 6.92 Å². The zero-order valence-electron chi connectivity index (χ0n) is 11.0. The van der Waals surface area contributed by atoms with Gasteiger partial charge in [-0.05, 0) is 20.3 Å². The maximum Gasteiger partial charge on any atom is 0.326 e. The van der Waals surface area contributed by atoms with E-state index in [2.05, 4.69) is 10.6 Å². The van der Waals surface area contributed by atoms with E-state index in [-0.39, 0.29) is 18.9 Å². The minimum atomic E-state index is -1.27. The summed E-state index contributed by atoms with van der Waals surface area (Å²) in [5.41, 5.74) is 0. The van der Waals surface area contributed by atoms with E-state index in [0.29, 0.717) is 13.2 Å². The normalized spacial score (nSPS) is 13.4. The molecule has 0 aliphatic heterocycles. The van der Waals surface area contributed by atoms with Crippen molar-refractivity contribution in [2.75, 3.05) is 13.2 Å². The van der Waals surface area contributed by atoms with Crippen molar-refractivity contribution in [1.29, 1.82) is 0 Å². The van der Waals surface area contributed by atoms with Crippen molar-refractivity contribution in [2.45, 2.75) is 38.8 Å². The van der Waals surface area contributed by atoms with Gasteiger partial charge in [0.1, 0.15) is 6.04 Å². The van der Waals surface area contributed by atoms with E-state index in [1.807, 2.05) is 6.92 Å². The second-order valence-electron chi connectivity index (χ2n) is 4.00. The van der Waals surface area contributed by atoms with Crippen LogP contribution in [-0.4, -0.2) is 53.5 Å². The van der Waals surface area contributed by atoms with E-state index < -0.39 is 24.0 Å². The molecule has 8 heteroatoms. The molecule has 0 aliphatic carbocycles. The van der Waals surface area contributed by atoms with Crippen molar-refractivity contribution in [3.05, 3.63) is 0 Å². The quantitative estimate of drug-likeness (QED) is 0.471.